The zero-order valence-corrected chi connectivity index (χ0v) is 18.5. The highest BCUT2D eigenvalue weighted by Crippen LogP contribution is 2.40. The van der Waals surface area contributed by atoms with Gasteiger partial charge in [-0.1, -0.05) is 37.2 Å². The summed E-state index contributed by atoms with van der Waals surface area (Å²) >= 11 is 1.41. The fourth-order valence-corrected chi connectivity index (χ4v) is 4.56. The maximum Gasteiger partial charge on any atom is 0.187 e. The lowest BCUT2D eigenvalue weighted by atomic mass is 10.2. The number of ketones is 1. The van der Waals surface area contributed by atoms with E-state index in [2.05, 4.69) is 29.5 Å². The standard InChI is InChI=1S/C22H27N5OS/c1-6-7-12-27-16(3)15(2)24-22(27)29-14-20(28)17(13-23)21-25(4)18-10-8-9-11-19(18)26(21)5/h8-11H,6-7,12,14H2,1-5H3. The van der Waals surface area contributed by atoms with Crippen LogP contribution in [0, 0.1) is 25.2 Å². The summed E-state index contributed by atoms with van der Waals surface area (Å²) in [5.74, 6) is 0.632. The molecule has 29 heavy (non-hydrogen) atoms. The van der Waals surface area contributed by atoms with Gasteiger partial charge in [0.15, 0.2) is 10.9 Å². The van der Waals surface area contributed by atoms with Gasteiger partial charge in [-0.05, 0) is 32.4 Å². The summed E-state index contributed by atoms with van der Waals surface area (Å²) in [4.78, 5) is 21.5. The molecule has 0 fully saturated rings. The number of hydrogen-bond donors (Lipinski definition) is 0. The number of benzene rings is 1. The lowest BCUT2D eigenvalue weighted by Gasteiger charge is -2.19. The number of imidazole rings is 1. The summed E-state index contributed by atoms with van der Waals surface area (Å²) in [6.45, 7) is 7.11. The van der Waals surface area contributed by atoms with E-state index in [0.29, 0.717) is 5.82 Å². The number of Topliss-reactive ketones (excluding diaryl/α,β-unsaturated/α-hetero) is 1. The van der Waals surface area contributed by atoms with Crippen LogP contribution in [0.5, 0.6) is 0 Å². The SMILES string of the molecule is CCCCn1c(SCC(=O)C(C#N)=C2N(C)c3ccccc3N2C)nc(C)c1C. The summed E-state index contributed by atoms with van der Waals surface area (Å²) in [7, 11) is 3.78. The molecule has 3 rings (SSSR count). The molecule has 1 aliphatic heterocycles. The third kappa shape index (κ3) is 3.90. The number of anilines is 2. The fraction of sp³-hybridized carbons (Fsp3) is 0.409. The molecular formula is C22H27N5OS. The summed E-state index contributed by atoms with van der Waals surface area (Å²) in [6.07, 6.45) is 2.17. The molecule has 0 spiro atoms. The fourth-order valence-electron chi connectivity index (χ4n) is 3.57. The molecule has 2 aromatic rings. The number of unbranched alkanes of at least 4 members (excludes halogenated alkanes) is 1. The average molecular weight is 410 g/mol. The van der Waals surface area contributed by atoms with Gasteiger partial charge in [0.25, 0.3) is 0 Å². The number of thioether (sulfide) groups is 1. The monoisotopic (exact) mass is 409 g/mol. The van der Waals surface area contributed by atoms with E-state index in [0.717, 1.165) is 47.3 Å². The first-order valence-electron chi connectivity index (χ1n) is 9.81. The Balaban J connectivity index is 1.83. The van der Waals surface area contributed by atoms with Crippen LogP contribution in [0.2, 0.25) is 0 Å². The van der Waals surface area contributed by atoms with Crippen LogP contribution in [0.4, 0.5) is 11.4 Å². The van der Waals surface area contributed by atoms with Crippen molar-refractivity contribution in [3.8, 4) is 6.07 Å². The van der Waals surface area contributed by atoms with Crippen LogP contribution in [0.3, 0.4) is 0 Å². The molecule has 2 heterocycles. The maximum atomic E-state index is 13.0. The van der Waals surface area contributed by atoms with Crippen molar-refractivity contribution >= 4 is 28.9 Å². The molecule has 0 amide bonds. The first-order valence-corrected chi connectivity index (χ1v) is 10.8. The van der Waals surface area contributed by atoms with Gasteiger partial charge < -0.3 is 14.4 Å². The van der Waals surface area contributed by atoms with E-state index >= 15 is 0 Å². The topological polar surface area (TPSA) is 65.2 Å². The molecule has 1 aromatic heterocycles. The third-order valence-electron chi connectivity index (χ3n) is 5.34. The van der Waals surface area contributed by atoms with Crippen LogP contribution >= 0.6 is 11.8 Å². The van der Waals surface area contributed by atoms with E-state index in [-0.39, 0.29) is 17.1 Å². The molecule has 0 saturated carbocycles. The molecule has 1 aromatic carbocycles. The minimum absolute atomic E-state index is 0.179. The summed E-state index contributed by atoms with van der Waals surface area (Å²) in [5, 5.41) is 10.6. The van der Waals surface area contributed by atoms with Crippen molar-refractivity contribution in [1.29, 1.82) is 5.26 Å². The zero-order chi connectivity index (χ0) is 21.1. The highest BCUT2D eigenvalue weighted by Gasteiger charge is 2.31. The van der Waals surface area contributed by atoms with Crippen LogP contribution in [0.1, 0.15) is 31.2 Å². The van der Waals surface area contributed by atoms with Crippen LogP contribution in [0.15, 0.2) is 40.8 Å². The van der Waals surface area contributed by atoms with E-state index in [1.807, 2.05) is 55.1 Å². The minimum Gasteiger partial charge on any atom is -0.328 e. The Hall–Kier alpha value is -2.72. The maximum absolute atomic E-state index is 13.0. The van der Waals surface area contributed by atoms with Crippen molar-refractivity contribution in [2.75, 3.05) is 29.6 Å². The second-order valence-corrected chi connectivity index (χ2v) is 8.14. The Bertz CT molecular complexity index is 970. The molecule has 0 atom stereocenters. The highest BCUT2D eigenvalue weighted by molar-refractivity contribution is 7.99. The lowest BCUT2D eigenvalue weighted by molar-refractivity contribution is -0.112. The van der Waals surface area contributed by atoms with E-state index in [1.165, 1.54) is 11.8 Å². The van der Waals surface area contributed by atoms with Gasteiger partial charge in [0, 0.05) is 26.3 Å². The van der Waals surface area contributed by atoms with Gasteiger partial charge in [-0.15, -0.1) is 0 Å². The van der Waals surface area contributed by atoms with Crippen molar-refractivity contribution < 1.29 is 4.79 Å². The number of fused-ring (bicyclic) bond motifs is 1. The Morgan fingerprint density at radius 3 is 2.34 bits per heavy atom. The van der Waals surface area contributed by atoms with Crippen molar-refractivity contribution in [2.24, 2.45) is 0 Å². The van der Waals surface area contributed by atoms with Crippen LogP contribution < -0.4 is 9.80 Å². The zero-order valence-electron chi connectivity index (χ0n) is 17.7. The number of hydrogen-bond acceptors (Lipinski definition) is 6. The molecule has 0 aliphatic carbocycles. The number of allylic oxidation sites excluding steroid dienone is 1. The van der Waals surface area contributed by atoms with Gasteiger partial charge in [-0.2, -0.15) is 5.26 Å². The van der Waals surface area contributed by atoms with Crippen molar-refractivity contribution in [3.63, 3.8) is 0 Å². The summed E-state index contributed by atoms with van der Waals surface area (Å²) in [6, 6.07) is 10.0. The van der Waals surface area contributed by atoms with Gasteiger partial charge in [0.05, 0.1) is 22.8 Å². The number of nitrogens with zero attached hydrogens (tertiary/aromatic N) is 5. The molecule has 0 unspecified atom stereocenters. The molecule has 1 aliphatic rings. The van der Waals surface area contributed by atoms with E-state index in [9.17, 15) is 10.1 Å². The van der Waals surface area contributed by atoms with Gasteiger partial charge in [-0.25, -0.2) is 4.98 Å². The molecule has 0 saturated heterocycles. The van der Waals surface area contributed by atoms with Crippen LogP contribution in [-0.4, -0.2) is 35.2 Å². The van der Waals surface area contributed by atoms with Gasteiger partial charge in [-0.3, -0.25) is 4.79 Å². The smallest absolute Gasteiger partial charge is 0.187 e. The number of aryl methyl sites for hydroxylation is 1. The molecule has 6 nitrogen and oxygen atoms in total. The Labute approximate surface area is 176 Å². The normalized spacial score (nSPS) is 12.9. The third-order valence-corrected chi connectivity index (χ3v) is 6.32. The Morgan fingerprint density at radius 1 is 1.17 bits per heavy atom. The van der Waals surface area contributed by atoms with Crippen molar-refractivity contribution in [1.82, 2.24) is 9.55 Å². The van der Waals surface area contributed by atoms with Crippen LogP contribution in [-0.2, 0) is 11.3 Å². The molecule has 0 bridgehead atoms. The number of carbonyl (C=O) groups is 1. The van der Waals surface area contributed by atoms with Gasteiger partial charge >= 0.3 is 0 Å². The van der Waals surface area contributed by atoms with Gasteiger partial charge in [0.2, 0.25) is 0 Å². The quantitative estimate of drug-likeness (QED) is 0.386. The molecule has 7 heteroatoms. The highest BCUT2D eigenvalue weighted by atomic mass is 32.2. The number of carbonyl (C=O) groups excluding carboxylic acids is 1. The van der Waals surface area contributed by atoms with Crippen molar-refractivity contribution in [3.05, 3.63) is 47.0 Å². The Morgan fingerprint density at radius 2 is 1.79 bits per heavy atom. The Kier molecular flexibility index (Phi) is 6.33. The molecule has 152 valence electrons. The van der Waals surface area contributed by atoms with Gasteiger partial charge in [0.1, 0.15) is 17.5 Å². The number of para-hydroxylation sites is 2. The number of aromatic nitrogens is 2. The summed E-state index contributed by atoms with van der Waals surface area (Å²) in [5.41, 5.74) is 4.27. The van der Waals surface area contributed by atoms with E-state index < -0.39 is 0 Å². The summed E-state index contributed by atoms with van der Waals surface area (Å²) < 4.78 is 2.18. The predicted octanol–water partition coefficient (Wildman–Crippen LogP) is 4.28. The number of rotatable bonds is 7. The lowest BCUT2D eigenvalue weighted by Crippen LogP contribution is -2.26. The first kappa shape index (κ1) is 21.0. The van der Waals surface area contributed by atoms with Crippen molar-refractivity contribution in [2.45, 2.75) is 45.3 Å². The molecule has 0 radical (unpaired) electrons. The number of nitriles is 1. The second-order valence-electron chi connectivity index (χ2n) is 7.20. The van der Waals surface area contributed by atoms with E-state index in [4.69, 9.17) is 0 Å². The molecular weight excluding hydrogens is 382 g/mol. The molecule has 0 N–H and O–H groups in total. The largest absolute Gasteiger partial charge is 0.328 e. The van der Waals surface area contributed by atoms with Crippen LogP contribution in [0.25, 0.3) is 0 Å². The average Bonchev–Trinajstić information content (AvgIpc) is 3.13. The minimum atomic E-state index is -0.181. The van der Waals surface area contributed by atoms with E-state index in [1.54, 1.807) is 0 Å². The second kappa shape index (κ2) is 8.75. The first-order chi connectivity index (χ1) is 13.9. The predicted molar refractivity (Wildman–Crippen MR) is 118 cm³/mol.